The topological polar surface area (TPSA) is 59.4 Å². The quantitative estimate of drug-likeness (QED) is 0.855. The fourth-order valence-corrected chi connectivity index (χ4v) is 2.41. The van der Waals surface area contributed by atoms with Crippen molar-refractivity contribution in [2.45, 2.75) is 12.8 Å². The highest BCUT2D eigenvalue weighted by Crippen LogP contribution is 2.37. The van der Waals surface area contributed by atoms with Gasteiger partial charge in [-0.2, -0.15) is 5.10 Å². The van der Waals surface area contributed by atoms with Crippen LogP contribution in [0.1, 0.15) is 18.4 Å². The number of hydrazone groups is 1. The molecular weight excluding hydrogens is 311 g/mol. The summed E-state index contributed by atoms with van der Waals surface area (Å²) in [4.78, 5) is 8.09. The summed E-state index contributed by atoms with van der Waals surface area (Å²) < 4.78 is 5.69. The number of hydrogen-bond acceptors (Lipinski definition) is 5. The molecule has 0 saturated carbocycles. The average Bonchev–Trinajstić information content (AvgIpc) is 2.72. The lowest BCUT2D eigenvalue weighted by Crippen LogP contribution is -2.05. The lowest BCUT2D eigenvalue weighted by Gasteiger charge is -2.11. The van der Waals surface area contributed by atoms with Crippen LogP contribution in [0.25, 0.3) is 0 Å². The van der Waals surface area contributed by atoms with E-state index in [0.717, 1.165) is 24.1 Å². The van der Waals surface area contributed by atoms with Crippen LogP contribution in [0.4, 0.5) is 5.82 Å². The van der Waals surface area contributed by atoms with Crippen molar-refractivity contribution in [2.75, 3.05) is 12.0 Å². The van der Waals surface area contributed by atoms with Crippen LogP contribution < -0.4 is 10.2 Å². The third kappa shape index (κ3) is 3.09. The zero-order chi connectivity index (χ0) is 14.7. The van der Waals surface area contributed by atoms with Crippen molar-refractivity contribution in [1.82, 2.24) is 9.97 Å². The second-order valence-corrected chi connectivity index (χ2v) is 5.24. The zero-order valence-electron chi connectivity index (χ0n) is 11.0. The molecule has 108 valence electrons. The molecule has 0 unspecified atom stereocenters. The van der Waals surface area contributed by atoms with Crippen LogP contribution >= 0.6 is 23.2 Å². The van der Waals surface area contributed by atoms with E-state index in [4.69, 9.17) is 27.9 Å². The molecule has 2 aromatic rings. The van der Waals surface area contributed by atoms with Gasteiger partial charge < -0.3 is 4.74 Å². The summed E-state index contributed by atoms with van der Waals surface area (Å²) in [6.45, 7) is 0.581. The van der Waals surface area contributed by atoms with Gasteiger partial charge in [-0.3, -0.25) is 10.4 Å². The highest BCUT2D eigenvalue weighted by atomic mass is 35.5. The lowest BCUT2D eigenvalue weighted by molar-refractivity contribution is 0.318. The van der Waals surface area contributed by atoms with Crippen molar-refractivity contribution in [1.29, 1.82) is 0 Å². The minimum atomic E-state index is 0.420. The first-order valence-corrected chi connectivity index (χ1v) is 7.21. The van der Waals surface area contributed by atoms with Crippen molar-refractivity contribution in [3.05, 3.63) is 46.3 Å². The number of nitrogens with zero attached hydrogens (tertiary/aromatic N) is 3. The van der Waals surface area contributed by atoms with Crippen LogP contribution in [0.15, 0.2) is 35.8 Å². The monoisotopic (exact) mass is 322 g/mol. The van der Waals surface area contributed by atoms with E-state index < -0.39 is 0 Å². The van der Waals surface area contributed by atoms with Gasteiger partial charge in [-0.15, -0.1) is 0 Å². The van der Waals surface area contributed by atoms with Crippen molar-refractivity contribution in [2.24, 2.45) is 5.10 Å². The Kier molecular flexibility index (Phi) is 4.22. The fourth-order valence-electron chi connectivity index (χ4n) is 2.05. The maximum Gasteiger partial charge on any atom is 0.164 e. The standard InChI is InChI=1S/C14H12Cl2N4O/c15-10-4-3-9-11(2-1-7-21-14(9)13(10)16)19-20-12-8-17-5-6-18-12/h3-6,8H,1-2,7H2,(H,18,20)/b19-11+. The Morgan fingerprint density at radius 1 is 1.24 bits per heavy atom. The molecule has 1 N–H and O–H groups in total. The van der Waals surface area contributed by atoms with Gasteiger partial charge in [0.2, 0.25) is 0 Å². The molecule has 21 heavy (non-hydrogen) atoms. The predicted molar refractivity (Wildman–Crippen MR) is 83.4 cm³/mol. The average molecular weight is 323 g/mol. The van der Waals surface area contributed by atoms with Crippen LogP contribution in [0.5, 0.6) is 5.75 Å². The second kappa shape index (κ2) is 6.28. The molecule has 0 amide bonds. The Hall–Kier alpha value is -1.85. The Morgan fingerprint density at radius 2 is 2.14 bits per heavy atom. The van der Waals surface area contributed by atoms with Crippen molar-refractivity contribution in [3.63, 3.8) is 0 Å². The largest absolute Gasteiger partial charge is 0.491 e. The normalized spacial score (nSPS) is 16.0. The summed E-state index contributed by atoms with van der Waals surface area (Å²) >= 11 is 12.2. The van der Waals surface area contributed by atoms with Crippen LogP contribution in [-0.2, 0) is 0 Å². The molecule has 1 aromatic heterocycles. The molecule has 0 radical (unpaired) electrons. The molecule has 1 aliphatic heterocycles. The molecule has 3 rings (SSSR count). The minimum Gasteiger partial charge on any atom is -0.491 e. The van der Waals surface area contributed by atoms with Crippen LogP contribution in [0.3, 0.4) is 0 Å². The summed E-state index contributed by atoms with van der Waals surface area (Å²) in [5, 5.41) is 5.30. The van der Waals surface area contributed by atoms with Gasteiger partial charge in [0, 0.05) is 18.0 Å². The Morgan fingerprint density at radius 3 is 2.95 bits per heavy atom. The van der Waals surface area contributed by atoms with Gasteiger partial charge >= 0.3 is 0 Å². The molecular formula is C14H12Cl2N4O. The van der Waals surface area contributed by atoms with Gasteiger partial charge in [0.15, 0.2) is 5.82 Å². The summed E-state index contributed by atoms with van der Waals surface area (Å²) in [6.07, 6.45) is 6.44. The molecule has 7 heteroatoms. The summed E-state index contributed by atoms with van der Waals surface area (Å²) in [5.41, 5.74) is 4.60. The first kappa shape index (κ1) is 14.1. The second-order valence-electron chi connectivity index (χ2n) is 4.45. The van der Waals surface area contributed by atoms with E-state index in [2.05, 4.69) is 20.5 Å². The minimum absolute atomic E-state index is 0.420. The molecule has 0 atom stereocenters. The molecule has 5 nitrogen and oxygen atoms in total. The van der Waals surface area contributed by atoms with Crippen LogP contribution in [0, 0.1) is 0 Å². The van der Waals surface area contributed by atoms with E-state index in [-0.39, 0.29) is 0 Å². The molecule has 0 saturated heterocycles. The molecule has 0 spiro atoms. The summed E-state index contributed by atoms with van der Waals surface area (Å²) in [6, 6.07) is 3.61. The van der Waals surface area contributed by atoms with Gasteiger partial charge in [-0.05, 0) is 25.0 Å². The van der Waals surface area contributed by atoms with Gasteiger partial charge in [0.1, 0.15) is 10.8 Å². The summed E-state index contributed by atoms with van der Waals surface area (Å²) in [5.74, 6) is 1.16. The number of nitrogens with one attached hydrogen (secondary N) is 1. The van der Waals surface area contributed by atoms with Crippen molar-refractivity contribution >= 4 is 34.7 Å². The molecule has 0 aliphatic carbocycles. The number of hydrogen-bond donors (Lipinski definition) is 1. The number of rotatable bonds is 2. The highest BCUT2D eigenvalue weighted by Gasteiger charge is 2.19. The number of benzene rings is 1. The highest BCUT2D eigenvalue weighted by molar-refractivity contribution is 6.43. The van der Waals surface area contributed by atoms with E-state index in [1.54, 1.807) is 24.7 Å². The molecule has 0 bridgehead atoms. The predicted octanol–water partition coefficient (Wildman–Crippen LogP) is 3.77. The number of anilines is 1. The Labute approximate surface area is 132 Å². The van der Waals surface area contributed by atoms with Gasteiger partial charge in [-0.1, -0.05) is 23.2 Å². The SMILES string of the molecule is Clc1ccc2c(c1Cl)OCCC/C2=N\Nc1cnccn1. The van der Waals surface area contributed by atoms with E-state index in [9.17, 15) is 0 Å². The van der Waals surface area contributed by atoms with Gasteiger partial charge in [0.05, 0.1) is 23.5 Å². The van der Waals surface area contributed by atoms with E-state index >= 15 is 0 Å². The maximum atomic E-state index is 6.21. The van der Waals surface area contributed by atoms with Crippen LogP contribution in [-0.4, -0.2) is 22.3 Å². The molecule has 0 fully saturated rings. The third-order valence-corrected chi connectivity index (χ3v) is 3.82. The first-order valence-electron chi connectivity index (χ1n) is 6.45. The first-order chi connectivity index (χ1) is 10.3. The number of fused-ring (bicyclic) bond motifs is 1. The number of halogens is 2. The van der Waals surface area contributed by atoms with E-state index in [1.165, 1.54) is 0 Å². The van der Waals surface area contributed by atoms with Crippen molar-refractivity contribution < 1.29 is 4.74 Å². The van der Waals surface area contributed by atoms with Gasteiger partial charge in [-0.25, -0.2) is 4.98 Å². The van der Waals surface area contributed by atoms with Crippen LogP contribution in [0.2, 0.25) is 10.0 Å². The maximum absolute atomic E-state index is 6.21. The number of aromatic nitrogens is 2. The van der Waals surface area contributed by atoms with Crippen molar-refractivity contribution in [3.8, 4) is 5.75 Å². The van der Waals surface area contributed by atoms with E-state index in [0.29, 0.717) is 28.2 Å². The molecule has 1 aliphatic rings. The fraction of sp³-hybridized carbons (Fsp3) is 0.214. The third-order valence-electron chi connectivity index (χ3n) is 3.03. The van der Waals surface area contributed by atoms with E-state index in [1.807, 2.05) is 6.07 Å². The Balaban J connectivity index is 1.95. The zero-order valence-corrected chi connectivity index (χ0v) is 12.5. The Bertz CT molecular complexity index is 676. The smallest absolute Gasteiger partial charge is 0.164 e. The summed E-state index contributed by atoms with van der Waals surface area (Å²) in [7, 11) is 0. The molecule has 2 heterocycles. The molecule has 1 aromatic carbocycles. The van der Waals surface area contributed by atoms with Gasteiger partial charge in [0.25, 0.3) is 0 Å². The number of ether oxygens (including phenoxy) is 1. The lowest BCUT2D eigenvalue weighted by atomic mass is 10.1.